The lowest BCUT2D eigenvalue weighted by Gasteiger charge is -2.35. The second-order valence-corrected chi connectivity index (χ2v) is 6.17. The molecule has 1 saturated heterocycles. The average molecular weight is 268 g/mol. The first-order chi connectivity index (χ1) is 8.47. The van der Waals surface area contributed by atoms with Crippen LogP contribution in [0.4, 0.5) is 5.82 Å². The third-order valence-corrected chi connectivity index (χ3v) is 4.15. The Balaban J connectivity index is 2.23. The van der Waals surface area contributed by atoms with E-state index in [4.69, 9.17) is 11.6 Å². The number of nitrogens with zero attached hydrogens (tertiary/aromatic N) is 3. The molecule has 1 aliphatic heterocycles. The summed E-state index contributed by atoms with van der Waals surface area (Å²) in [5, 5.41) is 0.300. The van der Waals surface area contributed by atoms with E-state index in [1.165, 1.54) is 0 Å². The van der Waals surface area contributed by atoms with Crippen LogP contribution in [0.2, 0.25) is 0 Å². The number of hydrogen-bond donors (Lipinski definition) is 0. The van der Waals surface area contributed by atoms with Crippen LogP contribution >= 0.6 is 11.6 Å². The molecule has 0 N–H and O–H groups in total. The number of aryl methyl sites for hydroxylation is 1. The summed E-state index contributed by atoms with van der Waals surface area (Å²) in [6.07, 6.45) is 1.03. The fourth-order valence-corrected chi connectivity index (χ4v) is 2.50. The smallest absolute Gasteiger partial charge is 0.133 e. The van der Waals surface area contributed by atoms with Gasteiger partial charge in [-0.25, -0.2) is 9.97 Å². The van der Waals surface area contributed by atoms with Gasteiger partial charge in [-0.3, -0.25) is 0 Å². The Hall–Kier alpha value is -0.830. The number of hydrogen-bond acceptors (Lipinski definition) is 3. The van der Waals surface area contributed by atoms with Crippen LogP contribution in [-0.2, 0) is 0 Å². The van der Waals surface area contributed by atoms with Gasteiger partial charge in [-0.05, 0) is 19.3 Å². The summed E-state index contributed by atoms with van der Waals surface area (Å²) >= 11 is 6.27. The molecular weight excluding hydrogens is 246 g/mol. The summed E-state index contributed by atoms with van der Waals surface area (Å²) in [5.74, 6) is 2.87. The Morgan fingerprint density at radius 3 is 2.72 bits per heavy atom. The minimum Gasteiger partial charge on any atom is -0.356 e. The fourth-order valence-electron chi connectivity index (χ4n) is 2.32. The third kappa shape index (κ3) is 2.94. The van der Waals surface area contributed by atoms with Crippen LogP contribution in [0.3, 0.4) is 0 Å². The fraction of sp³-hybridized carbons (Fsp3) is 0.714. The maximum Gasteiger partial charge on any atom is 0.133 e. The Morgan fingerprint density at radius 2 is 2.11 bits per heavy atom. The van der Waals surface area contributed by atoms with E-state index in [0.717, 1.165) is 36.8 Å². The van der Waals surface area contributed by atoms with Gasteiger partial charge >= 0.3 is 0 Å². The number of aromatic nitrogens is 2. The van der Waals surface area contributed by atoms with Crippen molar-refractivity contribution in [1.82, 2.24) is 9.97 Å². The van der Waals surface area contributed by atoms with Crippen molar-refractivity contribution in [3.05, 3.63) is 17.6 Å². The summed E-state index contributed by atoms with van der Waals surface area (Å²) in [7, 11) is 0. The van der Waals surface area contributed by atoms with Gasteiger partial charge in [0.25, 0.3) is 0 Å². The molecule has 0 aromatic carbocycles. The van der Waals surface area contributed by atoms with Crippen LogP contribution < -0.4 is 4.90 Å². The van der Waals surface area contributed by atoms with Crippen LogP contribution in [-0.4, -0.2) is 28.4 Å². The van der Waals surface area contributed by atoms with E-state index in [-0.39, 0.29) is 0 Å². The number of rotatable bonds is 2. The van der Waals surface area contributed by atoms with Crippen molar-refractivity contribution in [3.8, 4) is 0 Å². The van der Waals surface area contributed by atoms with Gasteiger partial charge in [0.2, 0.25) is 0 Å². The summed E-state index contributed by atoms with van der Waals surface area (Å²) in [6.45, 7) is 10.5. The van der Waals surface area contributed by atoms with Crippen molar-refractivity contribution < 1.29 is 0 Å². The molecular formula is C14H22ClN3. The molecule has 4 heteroatoms. The van der Waals surface area contributed by atoms with Gasteiger partial charge in [0.15, 0.2) is 0 Å². The van der Waals surface area contributed by atoms with Crippen molar-refractivity contribution in [2.75, 3.05) is 18.0 Å². The molecule has 0 amide bonds. The van der Waals surface area contributed by atoms with Crippen LogP contribution in [0, 0.1) is 12.8 Å². The minimum atomic E-state index is 0.300. The van der Waals surface area contributed by atoms with Crippen molar-refractivity contribution in [3.63, 3.8) is 0 Å². The van der Waals surface area contributed by atoms with Crippen LogP contribution in [0.1, 0.15) is 44.6 Å². The molecule has 1 fully saturated rings. The summed E-state index contributed by atoms with van der Waals surface area (Å²) in [4.78, 5) is 11.5. The molecule has 0 radical (unpaired) electrons. The van der Waals surface area contributed by atoms with Crippen molar-refractivity contribution >= 4 is 17.4 Å². The van der Waals surface area contributed by atoms with Gasteiger partial charge in [-0.2, -0.15) is 0 Å². The first-order valence-electron chi connectivity index (χ1n) is 6.72. The molecule has 3 nitrogen and oxygen atoms in total. The number of alkyl halides is 1. The molecule has 2 rings (SSSR count). The van der Waals surface area contributed by atoms with Crippen LogP contribution in [0.15, 0.2) is 6.07 Å². The van der Waals surface area contributed by atoms with Crippen molar-refractivity contribution in [1.29, 1.82) is 0 Å². The first-order valence-corrected chi connectivity index (χ1v) is 7.15. The molecule has 2 heterocycles. The van der Waals surface area contributed by atoms with E-state index < -0.39 is 0 Å². The summed E-state index contributed by atoms with van der Waals surface area (Å²) in [5.41, 5.74) is 1.05. The highest BCUT2D eigenvalue weighted by atomic mass is 35.5. The van der Waals surface area contributed by atoms with Gasteiger partial charge in [0.05, 0.1) is 0 Å². The predicted octanol–water partition coefficient (Wildman–Crippen LogP) is 3.36. The monoisotopic (exact) mass is 267 g/mol. The minimum absolute atomic E-state index is 0.300. The molecule has 1 aliphatic rings. The van der Waals surface area contributed by atoms with Gasteiger partial charge in [0, 0.05) is 36.1 Å². The van der Waals surface area contributed by atoms with Gasteiger partial charge in [0.1, 0.15) is 11.6 Å². The summed E-state index contributed by atoms with van der Waals surface area (Å²) < 4.78 is 0. The second kappa shape index (κ2) is 5.43. The normalized spacial score (nSPS) is 24.7. The zero-order valence-electron chi connectivity index (χ0n) is 11.7. The lowest BCUT2D eigenvalue weighted by Crippen LogP contribution is -2.40. The average Bonchev–Trinajstić information content (AvgIpc) is 2.31. The van der Waals surface area contributed by atoms with E-state index in [1.807, 2.05) is 6.92 Å². The lowest BCUT2D eigenvalue weighted by atomic mass is 9.99. The van der Waals surface area contributed by atoms with E-state index in [2.05, 4.69) is 41.7 Å². The number of halogens is 1. The maximum atomic E-state index is 6.27. The van der Waals surface area contributed by atoms with Gasteiger partial charge in [-0.1, -0.05) is 20.8 Å². The SMILES string of the molecule is Cc1cc(N2CCC(Cl)C(C)C2)nc(C(C)C)n1. The first kappa shape index (κ1) is 13.6. The molecule has 0 spiro atoms. The Morgan fingerprint density at radius 1 is 1.39 bits per heavy atom. The number of piperidine rings is 1. The number of anilines is 1. The molecule has 0 bridgehead atoms. The third-order valence-electron chi connectivity index (χ3n) is 3.50. The molecule has 1 aromatic heterocycles. The predicted molar refractivity (Wildman–Crippen MR) is 76.5 cm³/mol. The van der Waals surface area contributed by atoms with Crippen LogP contribution in [0.5, 0.6) is 0 Å². The molecule has 0 aliphatic carbocycles. The Bertz CT molecular complexity index is 420. The molecule has 1 aromatic rings. The maximum absolute atomic E-state index is 6.27. The van der Waals surface area contributed by atoms with Crippen molar-refractivity contribution in [2.24, 2.45) is 5.92 Å². The Kier molecular flexibility index (Phi) is 4.10. The van der Waals surface area contributed by atoms with Gasteiger partial charge in [-0.15, -0.1) is 11.6 Å². The zero-order valence-corrected chi connectivity index (χ0v) is 12.4. The molecule has 18 heavy (non-hydrogen) atoms. The van der Waals surface area contributed by atoms with E-state index in [9.17, 15) is 0 Å². The zero-order chi connectivity index (χ0) is 13.3. The molecule has 100 valence electrons. The topological polar surface area (TPSA) is 29.0 Å². The Labute approximate surface area is 115 Å². The highest BCUT2D eigenvalue weighted by molar-refractivity contribution is 6.20. The highest BCUT2D eigenvalue weighted by Gasteiger charge is 2.25. The molecule has 2 unspecified atom stereocenters. The summed E-state index contributed by atoms with van der Waals surface area (Å²) in [6, 6.07) is 2.08. The molecule has 0 saturated carbocycles. The quantitative estimate of drug-likeness (QED) is 0.770. The van der Waals surface area contributed by atoms with Crippen LogP contribution in [0.25, 0.3) is 0 Å². The standard InChI is InChI=1S/C14H22ClN3/c1-9(2)14-16-11(4)7-13(17-14)18-6-5-12(15)10(3)8-18/h7,9-10,12H,5-6,8H2,1-4H3. The van der Waals surface area contributed by atoms with E-state index in [1.54, 1.807) is 0 Å². The van der Waals surface area contributed by atoms with Gasteiger partial charge < -0.3 is 4.90 Å². The largest absolute Gasteiger partial charge is 0.356 e. The lowest BCUT2D eigenvalue weighted by molar-refractivity contribution is 0.451. The van der Waals surface area contributed by atoms with E-state index >= 15 is 0 Å². The highest BCUT2D eigenvalue weighted by Crippen LogP contribution is 2.26. The van der Waals surface area contributed by atoms with E-state index in [0.29, 0.717) is 17.2 Å². The van der Waals surface area contributed by atoms with Crippen molar-refractivity contribution in [2.45, 2.75) is 45.4 Å². The molecule has 2 atom stereocenters. The second-order valence-electron chi connectivity index (χ2n) is 5.61.